The largest absolute Gasteiger partial charge is 0.376 e. The average molecular weight is 234 g/mol. The lowest BCUT2D eigenvalue weighted by molar-refractivity contribution is 0.101. The summed E-state index contributed by atoms with van der Waals surface area (Å²) in [6.45, 7) is 4.44. The molecule has 2 rings (SSSR count). The standard InChI is InChI=1S/C13H18N2O2/c1-9(16)11-4-6-14-13(8-11)15(3)12-5-7-17-10(12)2/h4,6,8,10,12H,5,7H2,1-3H3. The summed E-state index contributed by atoms with van der Waals surface area (Å²) in [6, 6.07) is 3.92. The van der Waals surface area contributed by atoms with E-state index in [-0.39, 0.29) is 11.9 Å². The number of carbonyl (C=O) groups is 1. The molecular formula is C13H18N2O2. The Bertz CT molecular complexity index is 420. The summed E-state index contributed by atoms with van der Waals surface area (Å²) in [5, 5.41) is 0. The van der Waals surface area contributed by atoms with Crippen molar-refractivity contribution in [2.75, 3.05) is 18.6 Å². The molecule has 17 heavy (non-hydrogen) atoms. The Balaban J connectivity index is 2.21. The van der Waals surface area contributed by atoms with Crippen LogP contribution in [0.5, 0.6) is 0 Å². The van der Waals surface area contributed by atoms with E-state index in [4.69, 9.17) is 4.74 Å². The third-order valence-electron chi connectivity index (χ3n) is 3.35. The molecule has 1 saturated heterocycles. The predicted octanol–water partition coefficient (Wildman–Crippen LogP) is 1.90. The Morgan fingerprint density at radius 3 is 2.94 bits per heavy atom. The Hall–Kier alpha value is -1.42. The number of nitrogens with zero attached hydrogens (tertiary/aromatic N) is 2. The average Bonchev–Trinajstić information content (AvgIpc) is 2.74. The zero-order chi connectivity index (χ0) is 12.4. The Kier molecular flexibility index (Phi) is 3.43. The van der Waals surface area contributed by atoms with Gasteiger partial charge in [-0.3, -0.25) is 4.79 Å². The predicted molar refractivity (Wildman–Crippen MR) is 66.5 cm³/mol. The minimum absolute atomic E-state index is 0.0674. The highest BCUT2D eigenvalue weighted by molar-refractivity contribution is 5.94. The fourth-order valence-corrected chi connectivity index (χ4v) is 2.23. The number of ether oxygens (including phenoxy) is 1. The first kappa shape index (κ1) is 12.0. The van der Waals surface area contributed by atoms with Crippen LogP contribution in [0.2, 0.25) is 0 Å². The van der Waals surface area contributed by atoms with Gasteiger partial charge in [0.2, 0.25) is 0 Å². The van der Waals surface area contributed by atoms with Crippen molar-refractivity contribution in [3.05, 3.63) is 23.9 Å². The lowest BCUT2D eigenvalue weighted by Crippen LogP contribution is -2.37. The molecule has 0 N–H and O–H groups in total. The first-order valence-electron chi connectivity index (χ1n) is 5.91. The van der Waals surface area contributed by atoms with E-state index < -0.39 is 0 Å². The van der Waals surface area contributed by atoms with E-state index in [1.54, 1.807) is 19.2 Å². The minimum Gasteiger partial charge on any atom is -0.376 e. The first-order valence-corrected chi connectivity index (χ1v) is 5.91. The molecule has 1 aromatic heterocycles. The van der Waals surface area contributed by atoms with Crippen LogP contribution in [0, 0.1) is 0 Å². The van der Waals surface area contributed by atoms with E-state index in [0.717, 1.165) is 18.8 Å². The van der Waals surface area contributed by atoms with Crippen molar-refractivity contribution < 1.29 is 9.53 Å². The molecule has 1 aliphatic heterocycles. The summed E-state index contributed by atoms with van der Waals surface area (Å²) in [5.41, 5.74) is 0.702. The Morgan fingerprint density at radius 1 is 1.59 bits per heavy atom. The quantitative estimate of drug-likeness (QED) is 0.749. The molecule has 0 radical (unpaired) electrons. The number of aromatic nitrogens is 1. The number of likely N-dealkylation sites (N-methyl/N-ethyl adjacent to an activating group) is 1. The van der Waals surface area contributed by atoms with E-state index in [1.165, 1.54) is 0 Å². The fraction of sp³-hybridized carbons (Fsp3) is 0.538. The molecule has 0 aliphatic carbocycles. The maximum absolute atomic E-state index is 11.3. The van der Waals surface area contributed by atoms with Crippen LogP contribution < -0.4 is 4.90 Å². The molecule has 2 unspecified atom stereocenters. The second-order valence-electron chi connectivity index (χ2n) is 4.50. The van der Waals surface area contributed by atoms with Crippen LogP contribution in [-0.2, 0) is 4.74 Å². The molecule has 1 aromatic rings. The van der Waals surface area contributed by atoms with Crippen molar-refractivity contribution in [3.63, 3.8) is 0 Å². The molecule has 0 saturated carbocycles. The van der Waals surface area contributed by atoms with Crippen LogP contribution in [0.3, 0.4) is 0 Å². The number of hydrogen-bond donors (Lipinski definition) is 0. The molecule has 4 nitrogen and oxygen atoms in total. The number of ketones is 1. The second kappa shape index (κ2) is 4.84. The van der Waals surface area contributed by atoms with Gasteiger partial charge in [0.05, 0.1) is 12.1 Å². The van der Waals surface area contributed by atoms with Crippen LogP contribution in [0.4, 0.5) is 5.82 Å². The molecule has 1 aliphatic rings. The number of pyridine rings is 1. The van der Waals surface area contributed by atoms with Gasteiger partial charge in [0.25, 0.3) is 0 Å². The van der Waals surface area contributed by atoms with Crippen molar-refractivity contribution in [1.29, 1.82) is 0 Å². The van der Waals surface area contributed by atoms with Crippen LogP contribution in [0.15, 0.2) is 18.3 Å². The third kappa shape index (κ3) is 2.47. The molecule has 2 heterocycles. The van der Waals surface area contributed by atoms with Gasteiger partial charge in [-0.2, -0.15) is 0 Å². The van der Waals surface area contributed by atoms with E-state index in [9.17, 15) is 4.79 Å². The summed E-state index contributed by atoms with van der Waals surface area (Å²) in [4.78, 5) is 17.8. The molecular weight excluding hydrogens is 216 g/mol. The summed E-state index contributed by atoms with van der Waals surface area (Å²) in [5.74, 6) is 0.901. The number of carbonyl (C=O) groups excluding carboxylic acids is 1. The van der Waals surface area contributed by atoms with Gasteiger partial charge >= 0.3 is 0 Å². The van der Waals surface area contributed by atoms with Crippen LogP contribution in [0.1, 0.15) is 30.6 Å². The lowest BCUT2D eigenvalue weighted by atomic mass is 10.1. The van der Waals surface area contributed by atoms with Gasteiger partial charge in [-0.1, -0.05) is 0 Å². The van der Waals surface area contributed by atoms with Gasteiger partial charge < -0.3 is 9.64 Å². The Labute approximate surface area is 102 Å². The third-order valence-corrected chi connectivity index (χ3v) is 3.35. The van der Waals surface area contributed by atoms with E-state index >= 15 is 0 Å². The molecule has 0 amide bonds. The molecule has 1 fully saturated rings. The first-order chi connectivity index (χ1) is 8.09. The highest BCUT2D eigenvalue weighted by atomic mass is 16.5. The Morgan fingerprint density at radius 2 is 2.35 bits per heavy atom. The van der Waals surface area contributed by atoms with Crippen LogP contribution >= 0.6 is 0 Å². The smallest absolute Gasteiger partial charge is 0.159 e. The number of anilines is 1. The van der Waals surface area contributed by atoms with Gasteiger partial charge in [-0.05, 0) is 32.4 Å². The van der Waals surface area contributed by atoms with Gasteiger partial charge in [0.1, 0.15) is 5.82 Å². The van der Waals surface area contributed by atoms with Crippen LogP contribution in [-0.4, -0.2) is 36.6 Å². The maximum atomic E-state index is 11.3. The van der Waals surface area contributed by atoms with Gasteiger partial charge in [0.15, 0.2) is 5.78 Å². The van der Waals surface area contributed by atoms with E-state index in [2.05, 4.69) is 16.8 Å². The van der Waals surface area contributed by atoms with Crippen LogP contribution in [0.25, 0.3) is 0 Å². The molecule has 0 bridgehead atoms. The second-order valence-corrected chi connectivity index (χ2v) is 4.50. The number of Topliss-reactive ketones (excluding diaryl/α,β-unsaturated/α-hetero) is 1. The topological polar surface area (TPSA) is 42.4 Å². The van der Waals surface area contributed by atoms with Crippen molar-refractivity contribution in [2.24, 2.45) is 0 Å². The SMILES string of the molecule is CC(=O)c1ccnc(N(C)C2CCOC2C)c1. The van der Waals surface area contributed by atoms with Gasteiger partial charge in [0, 0.05) is 25.4 Å². The van der Waals surface area contributed by atoms with Crippen molar-refractivity contribution in [1.82, 2.24) is 4.98 Å². The van der Waals surface area contributed by atoms with Crippen molar-refractivity contribution in [3.8, 4) is 0 Å². The van der Waals surface area contributed by atoms with E-state index in [0.29, 0.717) is 11.6 Å². The molecule has 0 aromatic carbocycles. The van der Waals surface area contributed by atoms with Crippen molar-refractivity contribution >= 4 is 11.6 Å². The zero-order valence-electron chi connectivity index (χ0n) is 10.5. The minimum atomic E-state index is 0.0674. The molecule has 92 valence electrons. The normalized spacial score (nSPS) is 23.7. The molecule has 2 atom stereocenters. The van der Waals surface area contributed by atoms with Gasteiger partial charge in [-0.25, -0.2) is 4.98 Å². The van der Waals surface area contributed by atoms with Gasteiger partial charge in [-0.15, -0.1) is 0 Å². The summed E-state index contributed by atoms with van der Waals surface area (Å²) in [7, 11) is 2.00. The summed E-state index contributed by atoms with van der Waals surface area (Å²) < 4.78 is 5.55. The molecule has 0 spiro atoms. The highest BCUT2D eigenvalue weighted by Crippen LogP contribution is 2.23. The highest BCUT2D eigenvalue weighted by Gasteiger charge is 2.28. The van der Waals surface area contributed by atoms with Crippen molar-refractivity contribution in [2.45, 2.75) is 32.4 Å². The zero-order valence-corrected chi connectivity index (χ0v) is 10.5. The number of rotatable bonds is 3. The fourth-order valence-electron chi connectivity index (χ4n) is 2.23. The monoisotopic (exact) mass is 234 g/mol. The summed E-state index contributed by atoms with van der Waals surface area (Å²) >= 11 is 0. The molecule has 4 heteroatoms. The number of hydrogen-bond acceptors (Lipinski definition) is 4. The lowest BCUT2D eigenvalue weighted by Gasteiger charge is -2.27. The summed E-state index contributed by atoms with van der Waals surface area (Å²) in [6.07, 6.45) is 2.90. The maximum Gasteiger partial charge on any atom is 0.159 e. The van der Waals surface area contributed by atoms with E-state index in [1.807, 2.05) is 13.1 Å².